The minimum absolute atomic E-state index is 0.0595. The highest BCUT2D eigenvalue weighted by atomic mass is 19.4. The largest absolute Gasteiger partial charge is 0.480 e. The van der Waals surface area contributed by atoms with E-state index < -0.39 is 53.4 Å². The van der Waals surface area contributed by atoms with Gasteiger partial charge < -0.3 is 9.84 Å². The molecule has 1 N–H and O–H groups in total. The molecule has 4 atom stereocenters. The zero-order valence-electron chi connectivity index (χ0n) is 18.8. The number of ether oxygens (including phenoxy) is 1. The van der Waals surface area contributed by atoms with Gasteiger partial charge in [0.15, 0.2) is 0 Å². The molecule has 0 saturated heterocycles. The molecule has 0 radical (unpaired) electrons. The average molecular weight is 507 g/mol. The lowest BCUT2D eigenvalue weighted by atomic mass is 9.91. The van der Waals surface area contributed by atoms with E-state index in [1.54, 1.807) is 11.9 Å². The smallest absolute Gasteiger partial charge is 0.416 e. The maximum absolute atomic E-state index is 13.5. The van der Waals surface area contributed by atoms with Gasteiger partial charge in [0.05, 0.1) is 29.9 Å². The van der Waals surface area contributed by atoms with Crippen LogP contribution in [0.1, 0.15) is 54.0 Å². The topological polar surface area (TPSA) is 49.8 Å². The van der Waals surface area contributed by atoms with Crippen LogP contribution in [-0.4, -0.2) is 41.7 Å². The van der Waals surface area contributed by atoms with Crippen molar-refractivity contribution in [1.29, 1.82) is 0 Å². The molecule has 11 heteroatoms. The van der Waals surface area contributed by atoms with E-state index in [9.17, 15) is 40.6 Å². The lowest BCUT2D eigenvalue weighted by Gasteiger charge is -2.32. The first-order valence-corrected chi connectivity index (χ1v) is 10.8. The van der Waals surface area contributed by atoms with Gasteiger partial charge in [-0.05, 0) is 68.3 Å². The second-order valence-corrected chi connectivity index (χ2v) is 8.69. The van der Waals surface area contributed by atoms with Crippen molar-refractivity contribution < 1.29 is 45.4 Å². The second-order valence-electron chi connectivity index (χ2n) is 8.69. The van der Waals surface area contributed by atoms with Gasteiger partial charge in [0, 0.05) is 12.0 Å². The normalized spacial score (nSPS) is 21.9. The number of halogens is 7. The van der Waals surface area contributed by atoms with Gasteiger partial charge in [-0.1, -0.05) is 12.1 Å². The van der Waals surface area contributed by atoms with E-state index in [1.807, 2.05) is 0 Å². The summed E-state index contributed by atoms with van der Waals surface area (Å²) < 4.78 is 99.1. The average Bonchev–Trinajstić information content (AvgIpc) is 3.16. The molecule has 1 fully saturated rings. The van der Waals surface area contributed by atoms with Crippen molar-refractivity contribution in [3.8, 4) is 0 Å². The Bertz CT molecular complexity index is 1000. The van der Waals surface area contributed by atoms with Crippen LogP contribution in [-0.2, 0) is 21.9 Å². The number of carboxylic acid groups (broad SMARTS) is 1. The van der Waals surface area contributed by atoms with Crippen molar-refractivity contribution in [2.75, 3.05) is 13.6 Å². The molecule has 0 spiro atoms. The number of hydrogen-bond donors (Lipinski definition) is 1. The van der Waals surface area contributed by atoms with Gasteiger partial charge in [-0.3, -0.25) is 9.69 Å². The summed E-state index contributed by atoms with van der Waals surface area (Å²) in [6, 6.07) is 6.46. The Kier molecular flexibility index (Phi) is 7.80. The van der Waals surface area contributed by atoms with Crippen LogP contribution < -0.4 is 0 Å². The van der Waals surface area contributed by atoms with Crippen molar-refractivity contribution in [3.63, 3.8) is 0 Å². The molecule has 1 aliphatic carbocycles. The second kappa shape index (κ2) is 10.1. The molecule has 2 aromatic carbocycles. The Morgan fingerprint density at radius 3 is 2.06 bits per heavy atom. The first-order valence-electron chi connectivity index (χ1n) is 10.8. The van der Waals surface area contributed by atoms with Crippen molar-refractivity contribution in [3.05, 3.63) is 70.5 Å². The van der Waals surface area contributed by atoms with E-state index in [1.165, 1.54) is 31.2 Å². The van der Waals surface area contributed by atoms with E-state index in [0.29, 0.717) is 30.5 Å². The molecule has 2 aromatic rings. The van der Waals surface area contributed by atoms with E-state index in [2.05, 4.69) is 0 Å². The first kappa shape index (κ1) is 26.9. The number of nitrogens with zero attached hydrogens (tertiary/aromatic N) is 1. The van der Waals surface area contributed by atoms with Crippen LogP contribution in [0.15, 0.2) is 42.5 Å². The zero-order chi connectivity index (χ0) is 26.1. The minimum Gasteiger partial charge on any atom is -0.480 e. The van der Waals surface area contributed by atoms with Crippen molar-refractivity contribution >= 4 is 5.97 Å². The molecule has 4 unspecified atom stereocenters. The van der Waals surface area contributed by atoms with Crippen LogP contribution in [0.3, 0.4) is 0 Å². The van der Waals surface area contributed by atoms with E-state index in [-0.39, 0.29) is 24.2 Å². The van der Waals surface area contributed by atoms with Crippen molar-refractivity contribution in [2.45, 2.75) is 56.3 Å². The van der Waals surface area contributed by atoms with Gasteiger partial charge in [0.25, 0.3) is 0 Å². The third-order valence-corrected chi connectivity index (χ3v) is 6.23. The zero-order valence-corrected chi connectivity index (χ0v) is 18.8. The molecule has 1 saturated carbocycles. The Morgan fingerprint density at radius 1 is 1.03 bits per heavy atom. The van der Waals surface area contributed by atoms with Crippen molar-refractivity contribution in [1.82, 2.24) is 4.90 Å². The van der Waals surface area contributed by atoms with Crippen molar-refractivity contribution in [2.24, 2.45) is 0 Å². The first-order chi connectivity index (χ1) is 16.2. The molecule has 0 bridgehead atoms. The SMILES string of the molecule is CC(OC1CCC(N(C)CC(=O)O)C1c1ccc(F)cc1)c1cc(C(F)(F)F)cc(C(F)(F)F)c1. The monoisotopic (exact) mass is 507 g/mol. The number of hydrogen-bond acceptors (Lipinski definition) is 3. The Labute approximate surface area is 197 Å². The summed E-state index contributed by atoms with van der Waals surface area (Å²) in [7, 11) is 1.60. The molecule has 0 heterocycles. The van der Waals surface area contributed by atoms with Gasteiger partial charge in [0.2, 0.25) is 0 Å². The molecule has 3 rings (SSSR count). The fourth-order valence-corrected chi connectivity index (χ4v) is 4.60. The standard InChI is InChI=1S/C24H24F7NO3/c1-13(15-9-16(23(26,27)28)11-17(10-15)24(29,30)31)35-20-8-7-19(32(2)12-21(33)34)22(20)14-3-5-18(25)6-4-14/h3-6,9-11,13,19-20,22H,7-8,12H2,1-2H3,(H,33,34). The number of likely N-dealkylation sites (N-methyl/N-ethyl adjacent to an activating group) is 1. The lowest BCUT2D eigenvalue weighted by molar-refractivity contribution is -0.143. The van der Waals surface area contributed by atoms with Gasteiger partial charge in [-0.15, -0.1) is 0 Å². The summed E-state index contributed by atoms with van der Waals surface area (Å²) in [6.07, 6.45) is -10.9. The van der Waals surface area contributed by atoms with Crippen LogP contribution >= 0.6 is 0 Å². The summed E-state index contributed by atoms with van der Waals surface area (Å²) in [5.41, 5.74) is -2.52. The summed E-state index contributed by atoms with van der Waals surface area (Å²) in [4.78, 5) is 12.8. The molecule has 4 nitrogen and oxygen atoms in total. The highest BCUT2D eigenvalue weighted by Gasteiger charge is 2.42. The third-order valence-electron chi connectivity index (χ3n) is 6.23. The summed E-state index contributed by atoms with van der Waals surface area (Å²) in [6.45, 7) is 1.08. The highest BCUT2D eigenvalue weighted by Crippen LogP contribution is 2.43. The van der Waals surface area contributed by atoms with Gasteiger partial charge >= 0.3 is 18.3 Å². The van der Waals surface area contributed by atoms with E-state index in [4.69, 9.17) is 4.74 Å². The Balaban J connectivity index is 1.94. The van der Waals surface area contributed by atoms with Crippen LogP contribution in [0.4, 0.5) is 30.7 Å². The van der Waals surface area contributed by atoms with Crippen LogP contribution in [0, 0.1) is 5.82 Å². The summed E-state index contributed by atoms with van der Waals surface area (Å²) in [5, 5.41) is 9.17. The van der Waals surface area contributed by atoms with E-state index >= 15 is 0 Å². The molecule has 1 aliphatic rings. The van der Waals surface area contributed by atoms with Gasteiger partial charge in [-0.2, -0.15) is 26.3 Å². The molecule has 0 aliphatic heterocycles. The molecule has 0 aromatic heterocycles. The maximum atomic E-state index is 13.5. The maximum Gasteiger partial charge on any atom is 0.416 e. The van der Waals surface area contributed by atoms with Crippen LogP contribution in [0.25, 0.3) is 0 Å². The number of aliphatic carboxylic acids is 1. The predicted octanol–water partition coefficient (Wildman–Crippen LogP) is 6.27. The Hall–Kier alpha value is -2.66. The number of benzene rings is 2. The molecule has 35 heavy (non-hydrogen) atoms. The lowest BCUT2D eigenvalue weighted by Crippen LogP contribution is -2.39. The number of carboxylic acids is 1. The summed E-state index contributed by atoms with van der Waals surface area (Å²) >= 11 is 0. The number of alkyl halides is 6. The van der Waals surface area contributed by atoms with Gasteiger partial charge in [-0.25, -0.2) is 4.39 Å². The van der Waals surface area contributed by atoms with E-state index in [0.717, 1.165) is 0 Å². The van der Waals surface area contributed by atoms with Gasteiger partial charge in [0.1, 0.15) is 5.82 Å². The van der Waals surface area contributed by atoms with Crippen LogP contribution in [0.5, 0.6) is 0 Å². The Morgan fingerprint density at radius 2 is 1.57 bits per heavy atom. The number of rotatable bonds is 7. The number of carbonyl (C=O) groups is 1. The van der Waals surface area contributed by atoms with Crippen LogP contribution in [0.2, 0.25) is 0 Å². The molecular weight excluding hydrogens is 483 g/mol. The molecular formula is C24H24F7NO3. The highest BCUT2D eigenvalue weighted by molar-refractivity contribution is 5.69. The third kappa shape index (κ3) is 6.52. The predicted molar refractivity (Wildman–Crippen MR) is 112 cm³/mol. The fraction of sp³-hybridized carbons (Fsp3) is 0.458. The molecule has 192 valence electrons. The molecule has 0 amide bonds. The fourth-order valence-electron chi connectivity index (χ4n) is 4.60. The summed E-state index contributed by atoms with van der Waals surface area (Å²) in [5.74, 6) is -2.03. The minimum atomic E-state index is -4.98. The quantitative estimate of drug-likeness (QED) is 0.449.